The summed E-state index contributed by atoms with van der Waals surface area (Å²) in [4.78, 5) is 22.4. The van der Waals surface area contributed by atoms with E-state index in [1.165, 1.54) is 18.2 Å². The molecule has 0 unspecified atom stereocenters. The number of nitro benzene ring substituents is 1. The van der Waals surface area contributed by atoms with Crippen LogP contribution in [0.3, 0.4) is 0 Å². The summed E-state index contributed by atoms with van der Waals surface area (Å²) in [5.74, 6) is 0.0375. The zero-order chi connectivity index (χ0) is 18.4. The maximum atomic E-state index is 12.2. The molecule has 0 aliphatic heterocycles. The molecule has 0 bridgehead atoms. The van der Waals surface area contributed by atoms with Gasteiger partial charge in [0.25, 0.3) is 5.69 Å². The first kappa shape index (κ1) is 18.9. The van der Waals surface area contributed by atoms with E-state index in [-0.39, 0.29) is 29.2 Å². The number of carbonyl (C=O) groups excluding carboxylic acids is 1. The van der Waals surface area contributed by atoms with Gasteiger partial charge in [-0.25, -0.2) is 0 Å². The third-order valence-corrected chi connectivity index (χ3v) is 4.06. The maximum absolute atomic E-state index is 12.2. The van der Waals surface area contributed by atoms with Crippen LogP contribution < -0.4 is 10.6 Å². The van der Waals surface area contributed by atoms with Gasteiger partial charge in [-0.3, -0.25) is 14.9 Å². The molecule has 0 saturated heterocycles. The van der Waals surface area contributed by atoms with Crippen LogP contribution in [0, 0.1) is 16.0 Å². The lowest BCUT2D eigenvalue weighted by Gasteiger charge is -2.22. The zero-order valence-corrected chi connectivity index (χ0v) is 14.8. The van der Waals surface area contributed by atoms with Crippen LogP contribution in [0.5, 0.6) is 0 Å². The van der Waals surface area contributed by atoms with E-state index >= 15 is 0 Å². The van der Waals surface area contributed by atoms with Crippen molar-refractivity contribution in [2.24, 2.45) is 5.92 Å². The SMILES string of the molecule is CC(C)[C@H](NCC(=O)Nc1ccc([N+](=O)[O-])cc1Cl)c1ccccc1. The highest BCUT2D eigenvalue weighted by Crippen LogP contribution is 2.26. The van der Waals surface area contributed by atoms with E-state index in [4.69, 9.17) is 11.6 Å². The summed E-state index contributed by atoms with van der Waals surface area (Å²) in [5, 5.41) is 16.8. The monoisotopic (exact) mass is 361 g/mol. The van der Waals surface area contributed by atoms with Crippen molar-refractivity contribution in [2.75, 3.05) is 11.9 Å². The summed E-state index contributed by atoms with van der Waals surface area (Å²) in [5.41, 5.74) is 1.34. The van der Waals surface area contributed by atoms with Gasteiger partial charge in [0.15, 0.2) is 0 Å². The van der Waals surface area contributed by atoms with Crippen molar-refractivity contribution in [3.05, 3.63) is 69.2 Å². The van der Waals surface area contributed by atoms with Crippen molar-refractivity contribution in [2.45, 2.75) is 19.9 Å². The number of non-ortho nitro benzene ring substituents is 1. The Bertz CT molecular complexity index is 750. The number of anilines is 1. The standard InChI is InChI=1S/C18H20ClN3O3/c1-12(2)18(13-6-4-3-5-7-13)20-11-17(23)21-16-9-8-14(22(24)25)10-15(16)19/h3-10,12,18,20H,11H2,1-2H3,(H,21,23)/t18-/m0/s1. The second-order valence-corrected chi connectivity index (χ2v) is 6.39. The first-order valence-corrected chi connectivity index (χ1v) is 8.28. The largest absolute Gasteiger partial charge is 0.324 e. The fourth-order valence-electron chi connectivity index (χ4n) is 2.51. The summed E-state index contributed by atoms with van der Waals surface area (Å²) < 4.78 is 0. The molecule has 2 aromatic rings. The molecule has 0 saturated carbocycles. The average molecular weight is 362 g/mol. The second kappa shape index (κ2) is 8.60. The molecule has 2 rings (SSSR count). The van der Waals surface area contributed by atoms with Crippen LogP contribution in [-0.2, 0) is 4.79 Å². The molecule has 0 aliphatic carbocycles. The molecule has 0 aliphatic rings. The fourth-order valence-corrected chi connectivity index (χ4v) is 2.74. The van der Waals surface area contributed by atoms with Crippen molar-refractivity contribution in [1.29, 1.82) is 0 Å². The van der Waals surface area contributed by atoms with Crippen molar-refractivity contribution >= 4 is 28.9 Å². The van der Waals surface area contributed by atoms with Gasteiger partial charge in [-0.1, -0.05) is 55.8 Å². The van der Waals surface area contributed by atoms with Gasteiger partial charge in [-0.05, 0) is 17.5 Å². The maximum Gasteiger partial charge on any atom is 0.271 e. The van der Waals surface area contributed by atoms with Gasteiger partial charge in [0.2, 0.25) is 5.91 Å². The molecule has 0 radical (unpaired) electrons. The lowest BCUT2D eigenvalue weighted by molar-refractivity contribution is -0.384. The average Bonchev–Trinajstić information content (AvgIpc) is 2.57. The number of benzene rings is 2. The summed E-state index contributed by atoms with van der Waals surface area (Å²) in [6.45, 7) is 4.26. The van der Waals surface area contributed by atoms with Crippen LogP contribution in [0.1, 0.15) is 25.5 Å². The minimum Gasteiger partial charge on any atom is -0.324 e. The molecule has 6 nitrogen and oxygen atoms in total. The molecule has 0 heterocycles. The van der Waals surface area contributed by atoms with Gasteiger partial charge in [0.05, 0.1) is 22.2 Å². The fraction of sp³-hybridized carbons (Fsp3) is 0.278. The lowest BCUT2D eigenvalue weighted by Crippen LogP contribution is -2.33. The van der Waals surface area contributed by atoms with Gasteiger partial charge in [0.1, 0.15) is 0 Å². The Morgan fingerprint density at radius 1 is 1.20 bits per heavy atom. The molecule has 0 spiro atoms. The highest BCUT2D eigenvalue weighted by atomic mass is 35.5. The van der Waals surface area contributed by atoms with E-state index in [0.717, 1.165) is 5.56 Å². The highest BCUT2D eigenvalue weighted by molar-refractivity contribution is 6.34. The first-order valence-electron chi connectivity index (χ1n) is 7.90. The number of hydrogen-bond donors (Lipinski definition) is 2. The molecular formula is C18H20ClN3O3. The predicted molar refractivity (Wildman–Crippen MR) is 98.8 cm³/mol. The van der Waals surface area contributed by atoms with E-state index in [0.29, 0.717) is 11.6 Å². The Labute approximate surface area is 151 Å². The van der Waals surface area contributed by atoms with Crippen LogP contribution in [0.25, 0.3) is 0 Å². The number of carbonyl (C=O) groups is 1. The molecule has 0 fully saturated rings. The minimum absolute atomic E-state index is 0.0410. The van der Waals surface area contributed by atoms with Gasteiger partial charge in [0, 0.05) is 18.2 Å². The summed E-state index contributed by atoms with van der Waals surface area (Å²) in [6, 6.07) is 13.9. The summed E-state index contributed by atoms with van der Waals surface area (Å²) in [7, 11) is 0. The van der Waals surface area contributed by atoms with Crippen molar-refractivity contribution in [1.82, 2.24) is 5.32 Å². The quantitative estimate of drug-likeness (QED) is 0.572. The molecule has 25 heavy (non-hydrogen) atoms. The minimum atomic E-state index is -0.536. The number of nitrogens with one attached hydrogen (secondary N) is 2. The van der Waals surface area contributed by atoms with E-state index in [2.05, 4.69) is 24.5 Å². The molecule has 2 N–H and O–H groups in total. The Morgan fingerprint density at radius 3 is 2.44 bits per heavy atom. The topological polar surface area (TPSA) is 84.3 Å². The molecule has 132 valence electrons. The number of nitro groups is 1. The van der Waals surface area contributed by atoms with Crippen LogP contribution in [-0.4, -0.2) is 17.4 Å². The second-order valence-electron chi connectivity index (χ2n) is 5.98. The van der Waals surface area contributed by atoms with Crippen molar-refractivity contribution < 1.29 is 9.72 Å². The Hall–Kier alpha value is -2.44. The highest BCUT2D eigenvalue weighted by Gasteiger charge is 2.17. The summed E-state index contributed by atoms with van der Waals surface area (Å²) in [6.07, 6.45) is 0. The third kappa shape index (κ3) is 5.27. The van der Waals surface area contributed by atoms with E-state index in [1.54, 1.807) is 0 Å². The van der Waals surface area contributed by atoms with Crippen LogP contribution in [0.2, 0.25) is 5.02 Å². The predicted octanol–water partition coefficient (Wildman–Crippen LogP) is 4.17. The molecule has 2 aromatic carbocycles. The van der Waals surface area contributed by atoms with Crippen LogP contribution in [0.15, 0.2) is 48.5 Å². The molecule has 1 atom stereocenters. The molecule has 0 aromatic heterocycles. The zero-order valence-electron chi connectivity index (χ0n) is 14.0. The lowest BCUT2D eigenvalue weighted by atomic mass is 9.96. The Kier molecular flexibility index (Phi) is 6.50. The molecule has 1 amide bonds. The van der Waals surface area contributed by atoms with E-state index in [9.17, 15) is 14.9 Å². The first-order chi connectivity index (χ1) is 11.9. The molecular weight excluding hydrogens is 342 g/mol. The number of nitrogens with zero attached hydrogens (tertiary/aromatic N) is 1. The smallest absolute Gasteiger partial charge is 0.271 e. The number of rotatable bonds is 7. The van der Waals surface area contributed by atoms with E-state index in [1.807, 2.05) is 30.3 Å². The normalized spacial score (nSPS) is 12.0. The Morgan fingerprint density at radius 2 is 1.88 bits per heavy atom. The van der Waals surface area contributed by atoms with Crippen LogP contribution in [0.4, 0.5) is 11.4 Å². The molecule has 7 heteroatoms. The van der Waals surface area contributed by atoms with Gasteiger partial charge in [-0.15, -0.1) is 0 Å². The number of halogens is 1. The summed E-state index contributed by atoms with van der Waals surface area (Å²) >= 11 is 5.99. The third-order valence-electron chi connectivity index (χ3n) is 3.75. The van der Waals surface area contributed by atoms with Gasteiger partial charge >= 0.3 is 0 Å². The van der Waals surface area contributed by atoms with E-state index < -0.39 is 4.92 Å². The van der Waals surface area contributed by atoms with Gasteiger partial charge < -0.3 is 10.6 Å². The van der Waals surface area contributed by atoms with Crippen molar-refractivity contribution in [3.63, 3.8) is 0 Å². The van der Waals surface area contributed by atoms with Crippen molar-refractivity contribution in [3.8, 4) is 0 Å². The number of amides is 1. The van der Waals surface area contributed by atoms with Gasteiger partial charge in [-0.2, -0.15) is 0 Å². The number of hydrogen-bond acceptors (Lipinski definition) is 4. The van der Waals surface area contributed by atoms with Crippen LogP contribution >= 0.6 is 11.6 Å². The Balaban J connectivity index is 1.99.